The van der Waals surface area contributed by atoms with Crippen molar-refractivity contribution in [2.24, 2.45) is 11.7 Å². The van der Waals surface area contributed by atoms with Crippen molar-refractivity contribution in [3.8, 4) is 5.75 Å². The fraction of sp³-hybridized carbons (Fsp3) is 0.500. The van der Waals surface area contributed by atoms with E-state index in [9.17, 15) is 0 Å². The summed E-state index contributed by atoms with van der Waals surface area (Å²) in [6, 6.07) is 4.08. The third kappa shape index (κ3) is 2.73. The minimum atomic E-state index is 0.0110. The minimum Gasteiger partial charge on any atom is -0.496 e. The van der Waals surface area contributed by atoms with Gasteiger partial charge in [-0.05, 0) is 30.5 Å². The molecule has 1 aromatic carbocycles. The molecule has 1 unspecified atom stereocenters. The van der Waals surface area contributed by atoms with Crippen LogP contribution in [0.2, 0.25) is 0 Å². The number of rotatable bonds is 3. The summed E-state index contributed by atoms with van der Waals surface area (Å²) in [6.45, 7) is 6.26. The molecule has 0 saturated heterocycles. The molecule has 0 spiro atoms. The molecule has 84 valence electrons. The lowest BCUT2D eigenvalue weighted by Gasteiger charge is -2.20. The van der Waals surface area contributed by atoms with E-state index in [0.29, 0.717) is 5.92 Å². The number of benzene rings is 1. The quantitative estimate of drug-likeness (QED) is 0.915. The number of hydrogen-bond acceptors (Lipinski definition) is 2. The van der Waals surface area contributed by atoms with Crippen LogP contribution in [0.3, 0.4) is 0 Å². The summed E-state index contributed by atoms with van der Waals surface area (Å²) in [6.07, 6.45) is 0. The topological polar surface area (TPSA) is 35.2 Å². The largest absolute Gasteiger partial charge is 0.496 e. The van der Waals surface area contributed by atoms with Crippen LogP contribution in [0, 0.1) is 12.8 Å². The third-order valence-electron chi connectivity index (χ3n) is 2.59. The van der Waals surface area contributed by atoms with E-state index in [2.05, 4.69) is 35.8 Å². The highest BCUT2D eigenvalue weighted by Gasteiger charge is 2.16. The second-order valence-electron chi connectivity index (χ2n) is 4.11. The fourth-order valence-corrected chi connectivity index (χ4v) is 1.83. The van der Waals surface area contributed by atoms with Gasteiger partial charge in [0.2, 0.25) is 0 Å². The van der Waals surface area contributed by atoms with Crippen LogP contribution in [0.25, 0.3) is 0 Å². The van der Waals surface area contributed by atoms with Gasteiger partial charge in [-0.1, -0.05) is 29.8 Å². The molecule has 0 aromatic heterocycles. The van der Waals surface area contributed by atoms with Gasteiger partial charge in [-0.15, -0.1) is 0 Å². The predicted octanol–water partition coefficient (Wildman–Crippen LogP) is 3.42. The maximum Gasteiger partial charge on any atom is 0.123 e. The molecule has 1 rings (SSSR count). The minimum absolute atomic E-state index is 0.0110. The highest BCUT2D eigenvalue weighted by Crippen LogP contribution is 2.32. The predicted molar refractivity (Wildman–Crippen MR) is 67.2 cm³/mol. The Balaban J connectivity index is 3.21. The van der Waals surface area contributed by atoms with E-state index >= 15 is 0 Å². The Bertz CT molecular complexity index is 350. The number of halogens is 1. The van der Waals surface area contributed by atoms with Crippen molar-refractivity contribution in [1.29, 1.82) is 0 Å². The van der Waals surface area contributed by atoms with Crippen LogP contribution in [0.4, 0.5) is 0 Å². The van der Waals surface area contributed by atoms with Gasteiger partial charge in [0.25, 0.3) is 0 Å². The van der Waals surface area contributed by atoms with Gasteiger partial charge in [-0.2, -0.15) is 0 Å². The molecule has 0 radical (unpaired) electrons. The molecular weight excluding hydrogens is 254 g/mol. The Morgan fingerprint density at radius 2 is 1.93 bits per heavy atom. The molecule has 0 fully saturated rings. The van der Waals surface area contributed by atoms with E-state index in [-0.39, 0.29) is 6.04 Å². The van der Waals surface area contributed by atoms with E-state index in [1.807, 2.05) is 13.0 Å². The number of nitrogens with two attached hydrogens (primary N) is 1. The molecule has 0 amide bonds. The van der Waals surface area contributed by atoms with Crippen LogP contribution in [0.1, 0.15) is 31.0 Å². The molecule has 0 aliphatic carbocycles. The van der Waals surface area contributed by atoms with Crippen LogP contribution >= 0.6 is 15.9 Å². The molecule has 1 aromatic rings. The van der Waals surface area contributed by atoms with Gasteiger partial charge in [0.1, 0.15) is 5.75 Å². The van der Waals surface area contributed by atoms with Crippen LogP contribution in [-0.4, -0.2) is 7.11 Å². The van der Waals surface area contributed by atoms with Crippen molar-refractivity contribution in [2.45, 2.75) is 26.8 Å². The third-order valence-corrected chi connectivity index (χ3v) is 3.44. The first kappa shape index (κ1) is 12.5. The zero-order valence-corrected chi connectivity index (χ0v) is 11.3. The van der Waals surface area contributed by atoms with Crippen molar-refractivity contribution >= 4 is 15.9 Å². The SMILES string of the molecule is COc1cc(C)c(Br)cc1C(N)C(C)C. The highest BCUT2D eigenvalue weighted by molar-refractivity contribution is 9.10. The monoisotopic (exact) mass is 271 g/mol. The smallest absolute Gasteiger partial charge is 0.123 e. The Kier molecular flexibility index (Phi) is 4.17. The van der Waals surface area contributed by atoms with E-state index in [1.54, 1.807) is 7.11 Å². The van der Waals surface area contributed by atoms with Gasteiger partial charge in [-0.25, -0.2) is 0 Å². The Labute approximate surface area is 99.9 Å². The van der Waals surface area contributed by atoms with E-state index in [1.165, 1.54) is 0 Å². The molecule has 2 nitrogen and oxygen atoms in total. The summed E-state index contributed by atoms with van der Waals surface area (Å²) in [7, 11) is 1.68. The first-order valence-corrected chi connectivity index (χ1v) is 5.86. The fourth-order valence-electron chi connectivity index (χ4n) is 1.47. The molecule has 0 bridgehead atoms. The lowest BCUT2D eigenvalue weighted by molar-refractivity contribution is 0.396. The van der Waals surface area contributed by atoms with E-state index in [0.717, 1.165) is 21.3 Å². The van der Waals surface area contributed by atoms with Gasteiger partial charge < -0.3 is 10.5 Å². The maximum atomic E-state index is 6.13. The van der Waals surface area contributed by atoms with Crippen molar-refractivity contribution in [1.82, 2.24) is 0 Å². The van der Waals surface area contributed by atoms with Crippen LogP contribution in [-0.2, 0) is 0 Å². The summed E-state index contributed by atoms with van der Waals surface area (Å²) in [5.41, 5.74) is 8.35. The van der Waals surface area contributed by atoms with Crippen molar-refractivity contribution in [3.05, 3.63) is 27.7 Å². The maximum absolute atomic E-state index is 6.13. The number of hydrogen-bond donors (Lipinski definition) is 1. The number of aryl methyl sites for hydroxylation is 1. The lowest BCUT2D eigenvalue weighted by Crippen LogP contribution is -2.17. The van der Waals surface area contributed by atoms with Crippen molar-refractivity contribution in [2.75, 3.05) is 7.11 Å². The molecule has 0 saturated carbocycles. The van der Waals surface area contributed by atoms with E-state index in [4.69, 9.17) is 10.5 Å². The first-order valence-electron chi connectivity index (χ1n) is 5.07. The molecule has 15 heavy (non-hydrogen) atoms. The van der Waals surface area contributed by atoms with Gasteiger partial charge in [-0.3, -0.25) is 0 Å². The van der Waals surface area contributed by atoms with Crippen LogP contribution in [0.15, 0.2) is 16.6 Å². The van der Waals surface area contributed by atoms with Gasteiger partial charge in [0.05, 0.1) is 7.11 Å². The summed E-state index contributed by atoms with van der Waals surface area (Å²) in [5, 5.41) is 0. The normalized spacial score (nSPS) is 13.0. The highest BCUT2D eigenvalue weighted by atomic mass is 79.9. The average Bonchev–Trinajstić information content (AvgIpc) is 2.20. The van der Waals surface area contributed by atoms with Crippen LogP contribution in [0.5, 0.6) is 5.75 Å². The van der Waals surface area contributed by atoms with Crippen molar-refractivity contribution < 1.29 is 4.74 Å². The standard InChI is InChI=1S/C12H18BrNO/c1-7(2)12(14)9-6-10(13)8(3)5-11(9)15-4/h5-7,12H,14H2,1-4H3. The zero-order valence-electron chi connectivity index (χ0n) is 9.67. The van der Waals surface area contributed by atoms with Crippen molar-refractivity contribution in [3.63, 3.8) is 0 Å². The molecular formula is C12H18BrNO. The Hall–Kier alpha value is -0.540. The molecule has 2 N–H and O–H groups in total. The van der Waals surface area contributed by atoms with Gasteiger partial charge in [0.15, 0.2) is 0 Å². The lowest BCUT2D eigenvalue weighted by atomic mass is 9.95. The second-order valence-corrected chi connectivity index (χ2v) is 4.97. The summed E-state index contributed by atoms with van der Waals surface area (Å²) in [4.78, 5) is 0. The van der Waals surface area contributed by atoms with Gasteiger partial charge in [0, 0.05) is 16.1 Å². The number of methoxy groups -OCH3 is 1. The summed E-state index contributed by atoms with van der Waals surface area (Å²) < 4.78 is 6.43. The Morgan fingerprint density at radius 3 is 2.40 bits per heavy atom. The van der Waals surface area contributed by atoms with Crippen LogP contribution < -0.4 is 10.5 Å². The average molecular weight is 272 g/mol. The zero-order chi connectivity index (χ0) is 11.6. The van der Waals surface area contributed by atoms with Gasteiger partial charge >= 0.3 is 0 Å². The molecule has 3 heteroatoms. The molecule has 0 aliphatic heterocycles. The summed E-state index contributed by atoms with van der Waals surface area (Å²) in [5.74, 6) is 1.27. The summed E-state index contributed by atoms with van der Waals surface area (Å²) >= 11 is 3.52. The molecule has 0 aliphatic rings. The van der Waals surface area contributed by atoms with E-state index < -0.39 is 0 Å². The second kappa shape index (κ2) is 4.99. The molecule has 1 atom stereocenters. The molecule has 0 heterocycles. The first-order chi connectivity index (χ1) is 6.97. The Morgan fingerprint density at radius 1 is 1.33 bits per heavy atom. The number of ether oxygens (including phenoxy) is 1.